The molecule has 218 valence electrons. The van der Waals surface area contributed by atoms with Gasteiger partial charge in [0.05, 0.1) is 19.2 Å². The number of hydrogen-bond acceptors (Lipinski definition) is 12. The smallest absolute Gasteiger partial charge is 0.325 e. The summed E-state index contributed by atoms with van der Waals surface area (Å²) in [5.41, 5.74) is 7.32. The lowest BCUT2D eigenvalue weighted by molar-refractivity contribution is -0.150. The number of nitrogens with one attached hydrogen (secondary N) is 3. The molecule has 40 heavy (non-hydrogen) atoms. The van der Waals surface area contributed by atoms with Gasteiger partial charge in [-0.15, -0.1) is 0 Å². The van der Waals surface area contributed by atoms with Crippen molar-refractivity contribution in [1.29, 1.82) is 0 Å². The third kappa shape index (κ3) is 13.3. The van der Waals surface area contributed by atoms with Crippen LogP contribution in [0.15, 0.2) is 60.7 Å². The number of rotatable bonds is 18. The number of esters is 4. The molecular formula is C28H38N4O8. The Kier molecular flexibility index (Phi) is 14.9. The first-order valence-electron chi connectivity index (χ1n) is 12.9. The van der Waals surface area contributed by atoms with E-state index in [4.69, 9.17) is 24.7 Å². The standard InChI is InChI=1S/C28H38N4O8/c1-20(2)40-28(36)24(32-16-26(34)38-18-22-11-7-4-8-12-22)14-30-19-39-27(35)23(13-29)31-15-25(33)37-17-21-9-5-3-6-10-21/h3-12,20,23-24,30-32H,13-19,29H2,1-2H3/t23-,24-/m1/s1. The Balaban J connectivity index is 1.72. The topological polar surface area (TPSA) is 167 Å². The summed E-state index contributed by atoms with van der Waals surface area (Å²) in [5, 5.41) is 8.33. The van der Waals surface area contributed by atoms with Gasteiger partial charge in [0.15, 0.2) is 0 Å². The van der Waals surface area contributed by atoms with Crippen LogP contribution in [0.5, 0.6) is 0 Å². The van der Waals surface area contributed by atoms with Gasteiger partial charge in [0.2, 0.25) is 0 Å². The van der Waals surface area contributed by atoms with Crippen LogP contribution in [0.1, 0.15) is 25.0 Å². The third-order valence-electron chi connectivity index (χ3n) is 5.29. The molecule has 2 aromatic carbocycles. The van der Waals surface area contributed by atoms with Crippen LogP contribution in [0, 0.1) is 0 Å². The van der Waals surface area contributed by atoms with Crippen molar-refractivity contribution in [3.05, 3.63) is 71.8 Å². The van der Waals surface area contributed by atoms with Crippen LogP contribution < -0.4 is 21.7 Å². The molecule has 0 saturated heterocycles. The summed E-state index contributed by atoms with van der Waals surface area (Å²) in [7, 11) is 0. The van der Waals surface area contributed by atoms with E-state index in [1.165, 1.54) is 0 Å². The summed E-state index contributed by atoms with van der Waals surface area (Å²) in [5.74, 6) is -2.37. The van der Waals surface area contributed by atoms with Crippen molar-refractivity contribution in [1.82, 2.24) is 16.0 Å². The molecule has 0 amide bonds. The van der Waals surface area contributed by atoms with Crippen molar-refractivity contribution in [2.45, 2.75) is 45.2 Å². The monoisotopic (exact) mass is 558 g/mol. The first-order chi connectivity index (χ1) is 19.3. The second kappa shape index (κ2) is 18.4. The summed E-state index contributed by atoms with van der Waals surface area (Å²) < 4.78 is 20.8. The Bertz CT molecular complexity index is 1050. The van der Waals surface area contributed by atoms with Crippen LogP contribution in [-0.4, -0.2) is 75.0 Å². The zero-order chi connectivity index (χ0) is 29.2. The van der Waals surface area contributed by atoms with E-state index < -0.39 is 36.0 Å². The normalized spacial score (nSPS) is 12.3. The van der Waals surface area contributed by atoms with Crippen molar-refractivity contribution >= 4 is 23.9 Å². The quantitative estimate of drug-likeness (QED) is 0.0861. The zero-order valence-corrected chi connectivity index (χ0v) is 22.8. The largest absolute Gasteiger partial charge is 0.462 e. The molecule has 0 aliphatic heterocycles. The maximum Gasteiger partial charge on any atom is 0.325 e. The van der Waals surface area contributed by atoms with Crippen molar-refractivity contribution in [2.75, 3.05) is 32.9 Å². The highest BCUT2D eigenvalue weighted by atomic mass is 16.6. The molecule has 2 aromatic rings. The summed E-state index contributed by atoms with van der Waals surface area (Å²) in [4.78, 5) is 49.0. The average Bonchev–Trinajstić information content (AvgIpc) is 2.95. The van der Waals surface area contributed by atoms with Crippen LogP contribution in [0.4, 0.5) is 0 Å². The van der Waals surface area contributed by atoms with E-state index in [0.717, 1.165) is 11.1 Å². The van der Waals surface area contributed by atoms with Gasteiger partial charge in [-0.1, -0.05) is 60.7 Å². The van der Waals surface area contributed by atoms with Gasteiger partial charge in [0.25, 0.3) is 0 Å². The van der Waals surface area contributed by atoms with Gasteiger partial charge in [-0.05, 0) is 25.0 Å². The summed E-state index contributed by atoms with van der Waals surface area (Å²) in [6.07, 6.45) is -0.365. The van der Waals surface area contributed by atoms with E-state index in [-0.39, 0.29) is 52.2 Å². The third-order valence-corrected chi connectivity index (χ3v) is 5.29. The van der Waals surface area contributed by atoms with Gasteiger partial charge in [0.1, 0.15) is 32.0 Å². The van der Waals surface area contributed by atoms with E-state index in [2.05, 4.69) is 16.0 Å². The van der Waals surface area contributed by atoms with Gasteiger partial charge >= 0.3 is 23.9 Å². The lowest BCUT2D eigenvalue weighted by Crippen LogP contribution is -2.49. The number of ether oxygens (including phenoxy) is 4. The van der Waals surface area contributed by atoms with Crippen molar-refractivity contribution in [3.8, 4) is 0 Å². The zero-order valence-electron chi connectivity index (χ0n) is 22.8. The summed E-state index contributed by atoms with van der Waals surface area (Å²) in [6.45, 7) is 2.81. The fourth-order valence-corrected chi connectivity index (χ4v) is 3.23. The minimum Gasteiger partial charge on any atom is -0.462 e. The highest BCUT2D eigenvalue weighted by molar-refractivity contribution is 5.79. The van der Waals surface area contributed by atoms with Gasteiger partial charge < -0.3 is 24.7 Å². The lowest BCUT2D eigenvalue weighted by Gasteiger charge is -2.20. The number of carbonyl (C=O) groups excluding carboxylic acids is 4. The fourth-order valence-electron chi connectivity index (χ4n) is 3.23. The van der Waals surface area contributed by atoms with E-state index in [9.17, 15) is 19.2 Å². The van der Waals surface area contributed by atoms with Crippen molar-refractivity contribution in [2.24, 2.45) is 5.73 Å². The van der Waals surface area contributed by atoms with Crippen LogP contribution in [0.2, 0.25) is 0 Å². The van der Waals surface area contributed by atoms with E-state index in [0.29, 0.717) is 0 Å². The number of carbonyl (C=O) groups is 4. The molecule has 2 rings (SSSR count). The van der Waals surface area contributed by atoms with Gasteiger partial charge in [0, 0.05) is 13.1 Å². The lowest BCUT2D eigenvalue weighted by atomic mass is 10.2. The molecular weight excluding hydrogens is 520 g/mol. The Hall–Kier alpha value is -3.84. The van der Waals surface area contributed by atoms with Crippen LogP contribution in [0.25, 0.3) is 0 Å². The van der Waals surface area contributed by atoms with Crippen molar-refractivity contribution in [3.63, 3.8) is 0 Å². The van der Waals surface area contributed by atoms with Gasteiger partial charge in [-0.25, -0.2) is 0 Å². The second-order valence-corrected chi connectivity index (χ2v) is 8.94. The highest BCUT2D eigenvalue weighted by Crippen LogP contribution is 2.02. The van der Waals surface area contributed by atoms with Crippen LogP contribution >= 0.6 is 0 Å². The maximum atomic E-state index is 12.5. The molecule has 0 radical (unpaired) electrons. The second-order valence-electron chi connectivity index (χ2n) is 8.94. The number of nitrogens with two attached hydrogens (primary N) is 1. The summed E-state index contributed by atoms with van der Waals surface area (Å²) in [6, 6.07) is 16.5. The molecule has 12 heteroatoms. The number of hydrogen-bond donors (Lipinski definition) is 4. The van der Waals surface area contributed by atoms with Crippen LogP contribution in [-0.2, 0) is 51.3 Å². The molecule has 0 heterocycles. The molecule has 0 fully saturated rings. The molecule has 12 nitrogen and oxygen atoms in total. The van der Waals surface area contributed by atoms with Gasteiger partial charge in [-0.3, -0.25) is 35.1 Å². The SMILES string of the molecule is CC(C)OC(=O)[C@@H](CNCOC(=O)[C@@H](CN)NCC(=O)OCc1ccccc1)NCC(=O)OCc1ccccc1. The Morgan fingerprint density at radius 1 is 0.725 bits per heavy atom. The molecule has 2 atom stereocenters. The van der Waals surface area contributed by atoms with Crippen molar-refractivity contribution < 1.29 is 38.1 Å². The van der Waals surface area contributed by atoms with Gasteiger partial charge in [-0.2, -0.15) is 0 Å². The molecule has 5 N–H and O–H groups in total. The van der Waals surface area contributed by atoms with E-state index in [1.807, 2.05) is 60.7 Å². The molecule has 0 spiro atoms. The molecule has 0 saturated carbocycles. The predicted molar refractivity (Wildman–Crippen MR) is 145 cm³/mol. The molecule has 0 aliphatic rings. The van der Waals surface area contributed by atoms with E-state index in [1.54, 1.807) is 13.8 Å². The average molecular weight is 559 g/mol. The van der Waals surface area contributed by atoms with E-state index >= 15 is 0 Å². The maximum absolute atomic E-state index is 12.5. The molecule has 0 unspecified atom stereocenters. The molecule has 0 bridgehead atoms. The Morgan fingerprint density at radius 2 is 1.23 bits per heavy atom. The summed E-state index contributed by atoms with van der Waals surface area (Å²) >= 11 is 0. The first kappa shape index (κ1) is 32.4. The predicted octanol–water partition coefficient (Wildman–Crippen LogP) is 0.390. The number of benzene rings is 2. The molecule has 0 aliphatic carbocycles. The first-order valence-corrected chi connectivity index (χ1v) is 12.9. The Labute approximate surface area is 233 Å². The van der Waals surface area contributed by atoms with Crippen LogP contribution in [0.3, 0.4) is 0 Å². The minimum atomic E-state index is -0.940. The fraction of sp³-hybridized carbons (Fsp3) is 0.429. The highest BCUT2D eigenvalue weighted by Gasteiger charge is 2.23. The minimum absolute atomic E-state index is 0.00265. The Morgan fingerprint density at radius 3 is 1.70 bits per heavy atom. The molecule has 0 aromatic heterocycles.